The van der Waals surface area contributed by atoms with Crippen LogP contribution in [-0.4, -0.2) is 0 Å². The summed E-state index contributed by atoms with van der Waals surface area (Å²) in [4.78, 5) is 1.35. The smallest absolute Gasteiger partial charge is 0.0427 e. The van der Waals surface area contributed by atoms with E-state index in [4.69, 9.17) is 5.73 Å². The minimum absolute atomic E-state index is 0.242. The van der Waals surface area contributed by atoms with Crippen LogP contribution in [0.15, 0.2) is 41.8 Å². The number of benzene rings is 1. The lowest BCUT2D eigenvalue weighted by Crippen LogP contribution is -2.12. The quantitative estimate of drug-likeness (QED) is 0.869. The van der Waals surface area contributed by atoms with Crippen LogP contribution in [0.25, 0.3) is 0 Å². The second kappa shape index (κ2) is 3.94. The molecule has 1 nitrogen and oxygen atoms in total. The molecule has 1 saturated carbocycles. The fourth-order valence-corrected chi connectivity index (χ4v) is 4.57. The number of aryl methyl sites for hydroxylation is 1. The Morgan fingerprint density at radius 2 is 2.06 bits per heavy atom. The molecule has 2 aliphatic rings. The highest BCUT2D eigenvalue weighted by atomic mass is 32.1. The van der Waals surface area contributed by atoms with Crippen molar-refractivity contribution in [2.24, 2.45) is 17.6 Å². The van der Waals surface area contributed by atoms with Crippen molar-refractivity contribution in [3.05, 3.63) is 57.8 Å². The molecule has 2 aliphatic carbocycles. The molecule has 0 amide bonds. The van der Waals surface area contributed by atoms with E-state index in [1.54, 1.807) is 22.5 Å². The molecule has 2 aromatic rings. The van der Waals surface area contributed by atoms with E-state index < -0.39 is 0 Å². The number of nitrogens with two attached hydrogens (primary N) is 1. The zero-order valence-electron chi connectivity index (χ0n) is 10.3. The third-order valence-electron chi connectivity index (χ3n) is 4.68. The minimum atomic E-state index is 0.242. The number of fused-ring (bicyclic) bond motifs is 3. The fourth-order valence-electron chi connectivity index (χ4n) is 3.78. The average Bonchev–Trinajstić information content (AvgIpc) is 2.89. The predicted molar refractivity (Wildman–Crippen MR) is 75.7 cm³/mol. The Morgan fingerprint density at radius 3 is 2.89 bits per heavy atom. The van der Waals surface area contributed by atoms with Crippen molar-refractivity contribution in [3.8, 4) is 0 Å². The maximum atomic E-state index is 6.47. The van der Waals surface area contributed by atoms with Gasteiger partial charge >= 0.3 is 0 Å². The lowest BCUT2D eigenvalue weighted by atomic mass is 9.92. The van der Waals surface area contributed by atoms with Crippen molar-refractivity contribution in [2.75, 3.05) is 0 Å². The van der Waals surface area contributed by atoms with Crippen molar-refractivity contribution >= 4 is 11.3 Å². The Kier molecular flexibility index (Phi) is 2.36. The molecule has 4 rings (SSSR count). The predicted octanol–water partition coefficient (Wildman–Crippen LogP) is 3.72. The van der Waals surface area contributed by atoms with Crippen LogP contribution in [0, 0.1) is 11.8 Å². The third kappa shape index (κ3) is 1.49. The Hall–Kier alpha value is -1.12. The summed E-state index contributed by atoms with van der Waals surface area (Å²) in [6.45, 7) is 0. The van der Waals surface area contributed by atoms with Gasteiger partial charge in [-0.1, -0.05) is 30.3 Å². The van der Waals surface area contributed by atoms with Gasteiger partial charge in [-0.25, -0.2) is 0 Å². The second-order valence-electron chi connectivity index (χ2n) is 5.55. The molecule has 4 unspecified atom stereocenters. The highest BCUT2D eigenvalue weighted by Gasteiger charge is 2.55. The summed E-state index contributed by atoms with van der Waals surface area (Å²) < 4.78 is 0. The molecular weight excluding hydrogens is 238 g/mol. The van der Waals surface area contributed by atoms with Crippen LogP contribution in [0.2, 0.25) is 0 Å². The first-order valence-electron chi connectivity index (χ1n) is 6.73. The van der Waals surface area contributed by atoms with Crippen molar-refractivity contribution in [3.63, 3.8) is 0 Å². The molecule has 0 spiro atoms. The summed E-state index contributed by atoms with van der Waals surface area (Å²) >= 11 is 1.80. The van der Waals surface area contributed by atoms with Crippen molar-refractivity contribution in [2.45, 2.75) is 24.8 Å². The number of thiophene rings is 1. The van der Waals surface area contributed by atoms with Gasteiger partial charge in [0.15, 0.2) is 0 Å². The molecule has 1 fully saturated rings. The molecule has 2 heteroatoms. The molecule has 2 N–H and O–H groups in total. The van der Waals surface area contributed by atoms with E-state index in [1.807, 2.05) is 0 Å². The molecule has 0 bridgehead atoms. The zero-order chi connectivity index (χ0) is 12.1. The van der Waals surface area contributed by atoms with Gasteiger partial charge in [0.2, 0.25) is 0 Å². The zero-order valence-corrected chi connectivity index (χ0v) is 11.1. The van der Waals surface area contributed by atoms with E-state index in [9.17, 15) is 0 Å². The summed E-state index contributed by atoms with van der Waals surface area (Å²) in [5, 5.41) is 2.13. The van der Waals surface area contributed by atoms with Gasteiger partial charge in [0.05, 0.1) is 0 Å². The number of rotatable bonds is 2. The normalized spacial score (nSPS) is 30.4. The van der Waals surface area contributed by atoms with E-state index in [0.717, 1.165) is 11.8 Å². The van der Waals surface area contributed by atoms with Crippen LogP contribution in [0.1, 0.15) is 34.4 Å². The Morgan fingerprint density at radius 1 is 1.17 bits per heavy atom. The highest BCUT2D eigenvalue weighted by Crippen LogP contribution is 2.63. The van der Waals surface area contributed by atoms with Gasteiger partial charge in [-0.15, -0.1) is 11.3 Å². The summed E-state index contributed by atoms with van der Waals surface area (Å²) in [7, 11) is 0. The van der Waals surface area contributed by atoms with Gasteiger partial charge in [-0.05, 0) is 53.2 Å². The monoisotopic (exact) mass is 255 g/mol. The largest absolute Gasteiger partial charge is 0.323 e. The molecule has 1 heterocycles. The van der Waals surface area contributed by atoms with Crippen molar-refractivity contribution < 1.29 is 0 Å². The maximum Gasteiger partial charge on any atom is 0.0427 e. The number of hydrogen-bond acceptors (Lipinski definition) is 2. The van der Waals surface area contributed by atoms with Crippen LogP contribution in [0.5, 0.6) is 0 Å². The third-order valence-corrected chi connectivity index (χ3v) is 5.65. The second-order valence-corrected chi connectivity index (χ2v) is 6.52. The molecule has 0 aliphatic heterocycles. The first kappa shape index (κ1) is 10.8. The summed E-state index contributed by atoms with van der Waals surface area (Å²) in [6, 6.07) is 13.5. The molecule has 4 atom stereocenters. The molecule has 0 saturated heterocycles. The van der Waals surface area contributed by atoms with Crippen LogP contribution >= 0.6 is 11.3 Å². The SMILES string of the molecule is NC(c1cccs1)C1C2CCc3ccccc3C21. The minimum Gasteiger partial charge on any atom is -0.323 e. The first-order chi connectivity index (χ1) is 8.86. The van der Waals surface area contributed by atoms with Gasteiger partial charge in [0.25, 0.3) is 0 Å². The van der Waals surface area contributed by atoms with Gasteiger partial charge < -0.3 is 5.73 Å². The topological polar surface area (TPSA) is 26.0 Å². The molecule has 18 heavy (non-hydrogen) atoms. The average molecular weight is 255 g/mol. The van der Waals surface area contributed by atoms with Gasteiger partial charge in [-0.2, -0.15) is 0 Å². The van der Waals surface area contributed by atoms with Crippen LogP contribution in [-0.2, 0) is 6.42 Å². The van der Waals surface area contributed by atoms with E-state index in [0.29, 0.717) is 5.92 Å². The Balaban J connectivity index is 1.65. The van der Waals surface area contributed by atoms with E-state index >= 15 is 0 Å². The van der Waals surface area contributed by atoms with Crippen LogP contribution < -0.4 is 5.73 Å². The van der Waals surface area contributed by atoms with Crippen LogP contribution in [0.4, 0.5) is 0 Å². The molecule has 1 aromatic carbocycles. The Bertz CT molecular complexity index is 560. The Labute approximate surface area is 112 Å². The van der Waals surface area contributed by atoms with Gasteiger partial charge in [0.1, 0.15) is 0 Å². The lowest BCUT2D eigenvalue weighted by molar-refractivity contribution is 0.562. The standard InChI is InChI=1S/C16H17NS/c17-16(13-6-3-9-18-13)15-12-8-7-10-4-1-2-5-11(10)14(12)15/h1-6,9,12,14-16H,7-8,17H2. The molecular formula is C16H17NS. The lowest BCUT2D eigenvalue weighted by Gasteiger charge is -2.13. The van der Waals surface area contributed by atoms with Crippen molar-refractivity contribution in [1.29, 1.82) is 0 Å². The summed E-state index contributed by atoms with van der Waals surface area (Å²) in [5.74, 6) is 2.23. The van der Waals surface area contributed by atoms with E-state index in [-0.39, 0.29) is 6.04 Å². The van der Waals surface area contributed by atoms with E-state index in [2.05, 4.69) is 41.8 Å². The maximum absolute atomic E-state index is 6.47. The molecule has 1 aromatic heterocycles. The molecule has 92 valence electrons. The number of hydrogen-bond donors (Lipinski definition) is 1. The first-order valence-corrected chi connectivity index (χ1v) is 7.61. The fraction of sp³-hybridized carbons (Fsp3) is 0.375. The van der Waals surface area contributed by atoms with Gasteiger partial charge in [-0.3, -0.25) is 0 Å². The highest BCUT2D eigenvalue weighted by molar-refractivity contribution is 7.10. The van der Waals surface area contributed by atoms with Crippen molar-refractivity contribution in [1.82, 2.24) is 0 Å². The molecule has 0 radical (unpaired) electrons. The van der Waals surface area contributed by atoms with Crippen LogP contribution in [0.3, 0.4) is 0 Å². The van der Waals surface area contributed by atoms with E-state index in [1.165, 1.54) is 17.7 Å². The van der Waals surface area contributed by atoms with Gasteiger partial charge in [0, 0.05) is 10.9 Å². The summed E-state index contributed by atoms with van der Waals surface area (Å²) in [5.41, 5.74) is 9.60. The summed E-state index contributed by atoms with van der Waals surface area (Å²) in [6.07, 6.45) is 2.57.